The normalized spacial score (nSPS) is 11.5. The van der Waals surface area contributed by atoms with E-state index in [0.29, 0.717) is 22.4 Å². The smallest absolute Gasteiger partial charge is 0.338 e. The van der Waals surface area contributed by atoms with Crippen molar-refractivity contribution in [1.82, 2.24) is 0 Å². The Bertz CT molecular complexity index is 764. The number of carbonyl (C=O) groups excluding carboxylic acids is 2. The molecule has 1 amide bonds. The van der Waals surface area contributed by atoms with Gasteiger partial charge in [-0.15, -0.1) is 0 Å². The maximum absolute atomic E-state index is 13.8. The second-order valence-electron chi connectivity index (χ2n) is 5.12. The summed E-state index contributed by atoms with van der Waals surface area (Å²) in [6, 6.07) is 10.6. The van der Waals surface area contributed by atoms with Gasteiger partial charge in [0, 0.05) is 4.47 Å². The zero-order valence-electron chi connectivity index (χ0n) is 13.7. The van der Waals surface area contributed by atoms with Gasteiger partial charge < -0.3 is 14.8 Å². The monoisotopic (exact) mass is 409 g/mol. The summed E-state index contributed by atoms with van der Waals surface area (Å²) in [5.41, 5.74) is 0.463. The summed E-state index contributed by atoms with van der Waals surface area (Å²) in [6.07, 6.45) is -0.850. The van der Waals surface area contributed by atoms with Gasteiger partial charge in [-0.1, -0.05) is 15.9 Å². The van der Waals surface area contributed by atoms with Crippen LogP contribution < -0.4 is 10.1 Å². The Labute approximate surface area is 153 Å². The number of rotatable bonds is 6. The van der Waals surface area contributed by atoms with Gasteiger partial charge in [-0.25, -0.2) is 9.18 Å². The van der Waals surface area contributed by atoms with Crippen molar-refractivity contribution in [3.8, 4) is 5.75 Å². The lowest BCUT2D eigenvalue weighted by atomic mass is 10.2. The highest BCUT2D eigenvalue weighted by Crippen LogP contribution is 2.20. The lowest BCUT2D eigenvalue weighted by molar-refractivity contribution is -0.122. The van der Waals surface area contributed by atoms with Crippen LogP contribution in [0.25, 0.3) is 0 Å². The van der Waals surface area contributed by atoms with Crippen molar-refractivity contribution in [2.45, 2.75) is 20.0 Å². The van der Waals surface area contributed by atoms with E-state index >= 15 is 0 Å². The Morgan fingerprint density at radius 1 is 1.20 bits per heavy atom. The van der Waals surface area contributed by atoms with Crippen molar-refractivity contribution >= 4 is 33.5 Å². The van der Waals surface area contributed by atoms with Gasteiger partial charge in [0.1, 0.15) is 11.6 Å². The van der Waals surface area contributed by atoms with Gasteiger partial charge in [-0.05, 0) is 56.3 Å². The molecule has 1 atom stereocenters. The second kappa shape index (κ2) is 8.62. The summed E-state index contributed by atoms with van der Waals surface area (Å²) in [7, 11) is 0. The van der Waals surface area contributed by atoms with E-state index in [2.05, 4.69) is 21.2 Å². The van der Waals surface area contributed by atoms with E-state index in [1.54, 1.807) is 44.2 Å². The summed E-state index contributed by atoms with van der Waals surface area (Å²) < 4.78 is 24.7. The first-order valence-corrected chi connectivity index (χ1v) is 8.39. The molecule has 0 heterocycles. The Morgan fingerprint density at radius 3 is 2.48 bits per heavy atom. The van der Waals surface area contributed by atoms with Gasteiger partial charge >= 0.3 is 5.97 Å². The van der Waals surface area contributed by atoms with E-state index in [9.17, 15) is 14.0 Å². The number of hydrogen-bond donors (Lipinski definition) is 1. The molecule has 0 fully saturated rings. The number of esters is 1. The van der Waals surface area contributed by atoms with Crippen LogP contribution in [0, 0.1) is 5.82 Å². The lowest BCUT2D eigenvalue weighted by Crippen LogP contribution is -2.30. The Hall–Kier alpha value is -2.41. The minimum Gasteiger partial charge on any atom is -0.481 e. The van der Waals surface area contributed by atoms with Gasteiger partial charge in [-0.2, -0.15) is 0 Å². The summed E-state index contributed by atoms with van der Waals surface area (Å²) in [5, 5.41) is 2.47. The zero-order valence-corrected chi connectivity index (χ0v) is 15.3. The van der Waals surface area contributed by atoms with E-state index in [-0.39, 0.29) is 5.69 Å². The van der Waals surface area contributed by atoms with E-state index in [1.807, 2.05) is 0 Å². The molecule has 0 bridgehead atoms. The van der Waals surface area contributed by atoms with E-state index in [1.165, 1.54) is 12.1 Å². The van der Waals surface area contributed by atoms with Crippen LogP contribution in [-0.2, 0) is 9.53 Å². The predicted octanol–water partition coefficient (Wildman–Crippen LogP) is 4.17. The van der Waals surface area contributed by atoms with Crippen molar-refractivity contribution in [2.24, 2.45) is 0 Å². The SMILES string of the molecule is CCOC(=O)c1ccc(O[C@@H](C)C(=O)Nc2ccc(Br)cc2F)cc1. The first kappa shape index (κ1) is 18.9. The minimum absolute atomic E-state index is 0.0707. The number of anilines is 1. The molecule has 0 aliphatic carbocycles. The van der Waals surface area contributed by atoms with Crippen molar-refractivity contribution in [2.75, 3.05) is 11.9 Å². The van der Waals surface area contributed by atoms with Gasteiger partial charge in [0.25, 0.3) is 5.91 Å². The highest BCUT2D eigenvalue weighted by molar-refractivity contribution is 9.10. The number of halogens is 2. The summed E-state index contributed by atoms with van der Waals surface area (Å²) in [5.74, 6) is -1.05. The zero-order chi connectivity index (χ0) is 18.4. The van der Waals surface area contributed by atoms with Gasteiger partial charge in [0.2, 0.25) is 0 Å². The Balaban J connectivity index is 1.97. The second-order valence-corrected chi connectivity index (χ2v) is 6.03. The van der Waals surface area contributed by atoms with Crippen LogP contribution in [0.3, 0.4) is 0 Å². The molecule has 0 unspecified atom stereocenters. The predicted molar refractivity (Wildman–Crippen MR) is 95.2 cm³/mol. The Kier molecular flexibility index (Phi) is 6.52. The van der Waals surface area contributed by atoms with Crippen molar-refractivity contribution < 1.29 is 23.5 Å². The van der Waals surface area contributed by atoms with Crippen molar-refractivity contribution in [3.05, 3.63) is 58.3 Å². The molecule has 1 N–H and O–H groups in total. The molecular weight excluding hydrogens is 393 g/mol. The Morgan fingerprint density at radius 2 is 1.88 bits per heavy atom. The van der Waals surface area contributed by atoms with Gasteiger partial charge in [-0.3, -0.25) is 4.79 Å². The summed E-state index contributed by atoms with van der Waals surface area (Å²) >= 11 is 3.15. The molecule has 0 radical (unpaired) electrons. The van der Waals surface area contributed by atoms with E-state index < -0.39 is 23.8 Å². The highest BCUT2D eigenvalue weighted by atomic mass is 79.9. The largest absolute Gasteiger partial charge is 0.481 e. The number of nitrogens with one attached hydrogen (secondary N) is 1. The number of hydrogen-bond acceptors (Lipinski definition) is 4. The van der Waals surface area contributed by atoms with E-state index in [0.717, 1.165) is 0 Å². The third-order valence-electron chi connectivity index (χ3n) is 3.24. The van der Waals surface area contributed by atoms with Crippen LogP contribution in [0.2, 0.25) is 0 Å². The number of benzene rings is 2. The molecule has 2 aromatic rings. The van der Waals surface area contributed by atoms with E-state index in [4.69, 9.17) is 9.47 Å². The maximum atomic E-state index is 13.8. The number of carbonyl (C=O) groups is 2. The average molecular weight is 410 g/mol. The maximum Gasteiger partial charge on any atom is 0.338 e. The topological polar surface area (TPSA) is 64.6 Å². The summed E-state index contributed by atoms with van der Waals surface area (Å²) in [4.78, 5) is 23.7. The molecule has 25 heavy (non-hydrogen) atoms. The summed E-state index contributed by atoms with van der Waals surface area (Å²) in [6.45, 7) is 3.57. The van der Waals surface area contributed by atoms with Crippen LogP contribution >= 0.6 is 15.9 Å². The molecule has 0 aromatic heterocycles. The fraction of sp³-hybridized carbons (Fsp3) is 0.222. The molecule has 7 heteroatoms. The average Bonchev–Trinajstić information content (AvgIpc) is 2.58. The highest BCUT2D eigenvalue weighted by Gasteiger charge is 2.17. The molecule has 0 spiro atoms. The molecule has 0 saturated carbocycles. The van der Waals surface area contributed by atoms with Gasteiger partial charge in [0.05, 0.1) is 17.9 Å². The molecule has 0 aliphatic rings. The molecule has 132 valence electrons. The number of ether oxygens (including phenoxy) is 2. The molecule has 5 nitrogen and oxygen atoms in total. The third-order valence-corrected chi connectivity index (χ3v) is 3.73. The van der Waals surface area contributed by atoms with Crippen molar-refractivity contribution in [3.63, 3.8) is 0 Å². The first-order chi connectivity index (χ1) is 11.9. The minimum atomic E-state index is -0.850. The quantitative estimate of drug-likeness (QED) is 0.727. The van der Waals surface area contributed by atoms with Crippen LogP contribution in [0.4, 0.5) is 10.1 Å². The molecule has 2 rings (SSSR count). The van der Waals surface area contributed by atoms with Crippen molar-refractivity contribution in [1.29, 1.82) is 0 Å². The van der Waals surface area contributed by atoms with Crippen LogP contribution in [0.1, 0.15) is 24.2 Å². The van der Waals surface area contributed by atoms with Crippen LogP contribution in [0.15, 0.2) is 46.9 Å². The third kappa shape index (κ3) is 5.29. The number of amides is 1. The standard InChI is InChI=1S/C18H17BrFNO4/c1-3-24-18(23)12-4-7-14(8-5-12)25-11(2)17(22)21-16-9-6-13(19)10-15(16)20/h4-11H,3H2,1-2H3,(H,21,22)/t11-/m0/s1. The lowest BCUT2D eigenvalue weighted by Gasteiger charge is -2.15. The molecule has 2 aromatic carbocycles. The van der Waals surface area contributed by atoms with Crippen LogP contribution in [0.5, 0.6) is 5.75 Å². The van der Waals surface area contributed by atoms with Gasteiger partial charge in [0.15, 0.2) is 6.10 Å². The molecule has 0 saturated heterocycles. The van der Waals surface area contributed by atoms with Crippen LogP contribution in [-0.4, -0.2) is 24.6 Å². The molecule has 0 aliphatic heterocycles. The fourth-order valence-corrected chi connectivity index (χ4v) is 2.30. The molecular formula is C18H17BrFNO4. The first-order valence-electron chi connectivity index (χ1n) is 7.60. The fourth-order valence-electron chi connectivity index (χ4n) is 1.97.